The molecule has 5 nitrogen and oxygen atoms in total. The molecule has 0 amide bonds. The third-order valence-electron chi connectivity index (χ3n) is 10.3. The molecule has 0 saturated heterocycles. The molecule has 0 fully saturated rings. The minimum Gasteiger partial charge on any atom is -0.509 e. The van der Waals surface area contributed by atoms with E-state index in [1.165, 1.54) is 39.1 Å². The van der Waals surface area contributed by atoms with Crippen LogP contribution in [0, 0.1) is 12.1 Å². The standard InChI is InChI=1S/C47H50N4O.Pt/c1-10-31-17-16-18-32(11-2)45(31)46-40(12-3)49-51(41(46)13-4)35-25-33(30(5)6)26-37(28-35)52-36-21-22-39-38-19-14-15-20-42(38)50(43(39)29-36)44-27-34(23-24-48-44)47(7,8)9;/h14-27,30H,10-13H2,1-9H3;/q-2;+2. The molecule has 0 spiro atoms. The molecule has 0 aliphatic heterocycles. The van der Waals surface area contributed by atoms with Gasteiger partial charge in [-0.25, -0.2) is 4.98 Å². The zero-order valence-electron chi connectivity index (χ0n) is 32.5. The average molecular weight is 882 g/mol. The van der Waals surface area contributed by atoms with E-state index in [2.05, 4.69) is 156 Å². The van der Waals surface area contributed by atoms with Gasteiger partial charge in [-0.15, -0.1) is 41.3 Å². The molecule has 4 aromatic carbocycles. The first-order chi connectivity index (χ1) is 25.1. The number of benzene rings is 4. The molecule has 0 radical (unpaired) electrons. The summed E-state index contributed by atoms with van der Waals surface area (Å²) >= 11 is 0. The SMILES string of the molecule is CCc1cccc(CC)c1-c1c(CC)nn(-c2[c-]c(Oc3[c-]c4c(cc3)c3ccccc3n4-c3cc(C(C)(C)C)ccn3)cc(C(C)C)c2)c1CC.[Pt+2]. The van der Waals surface area contributed by atoms with E-state index < -0.39 is 0 Å². The van der Waals surface area contributed by atoms with Crippen LogP contribution in [-0.2, 0) is 52.2 Å². The molecule has 3 heterocycles. The summed E-state index contributed by atoms with van der Waals surface area (Å²) in [7, 11) is 0. The predicted octanol–water partition coefficient (Wildman–Crippen LogP) is 12.1. The first-order valence-electron chi connectivity index (χ1n) is 19.0. The molecule has 0 aliphatic carbocycles. The number of rotatable bonds is 10. The maximum absolute atomic E-state index is 6.71. The van der Waals surface area contributed by atoms with E-state index in [1.807, 2.05) is 12.3 Å². The van der Waals surface area contributed by atoms with Crippen LogP contribution in [0.15, 0.2) is 85.1 Å². The second-order valence-electron chi connectivity index (χ2n) is 15.1. The summed E-state index contributed by atoms with van der Waals surface area (Å²) in [5.41, 5.74) is 13.0. The number of aryl methyl sites for hydroxylation is 3. The molecular formula is C47H50N4OPt. The van der Waals surface area contributed by atoms with E-state index in [9.17, 15) is 0 Å². The Bertz CT molecular complexity index is 2390. The van der Waals surface area contributed by atoms with Crippen LogP contribution in [0.1, 0.15) is 102 Å². The molecule has 53 heavy (non-hydrogen) atoms. The Hall–Kier alpha value is -4.47. The van der Waals surface area contributed by atoms with Crippen LogP contribution in [0.25, 0.3) is 44.4 Å². The Morgan fingerprint density at radius 3 is 2.13 bits per heavy atom. The van der Waals surface area contributed by atoms with Crippen molar-refractivity contribution in [2.45, 2.75) is 99.3 Å². The number of hydrogen-bond acceptors (Lipinski definition) is 3. The summed E-state index contributed by atoms with van der Waals surface area (Å²) in [5, 5.41) is 7.55. The van der Waals surface area contributed by atoms with Gasteiger partial charge in [0, 0.05) is 34.5 Å². The summed E-state index contributed by atoms with van der Waals surface area (Å²) in [5.74, 6) is 2.42. The second kappa shape index (κ2) is 15.5. The topological polar surface area (TPSA) is 44.9 Å². The van der Waals surface area contributed by atoms with Crippen molar-refractivity contribution in [1.82, 2.24) is 19.3 Å². The molecule has 7 aromatic rings. The van der Waals surface area contributed by atoms with Gasteiger partial charge >= 0.3 is 21.1 Å². The fourth-order valence-electron chi connectivity index (χ4n) is 7.48. The number of nitrogens with zero attached hydrogens (tertiary/aromatic N) is 4. The molecule has 3 aromatic heterocycles. The third kappa shape index (κ3) is 7.13. The first-order valence-corrected chi connectivity index (χ1v) is 19.0. The van der Waals surface area contributed by atoms with Crippen molar-refractivity contribution in [3.8, 4) is 34.1 Å². The van der Waals surface area contributed by atoms with Crippen molar-refractivity contribution in [3.05, 3.63) is 131 Å². The average Bonchev–Trinajstić information content (AvgIpc) is 3.69. The van der Waals surface area contributed by atoms with Crippen LogP contribution in [0.5, 0.6) is 11.5 Å². The van der Waals surface area contributed by atoms with Gasteiger partial charge in [0.25, 0.3) is 0 Å². The maximum atomic E-state index is 6.71. The smallest absolute Gasteiger partial charge is 0.509 e. The molecule has 6 heteroatoms. The van der Waals surface area contributed by atoms with Crippen LogP contribution in [-0.4, -0.2) is 19.3 Å². The van der Waals surface area contributed by atoms with Gasteiger partial charge in [0.05, 0.1) is 5.69 Å². The van der Waals surface area contributed by atoms with Crippen molar-refractivity contribution in [2.75, 3.05) is 0 Å². The van der Waals surface area contributed by atoms with Crippen molar-refractivity contribution in [2.24, 2.45) is 0 Å². The summed E-state index contributed by atoms with van der Waals surface area (Å²) in [6, 6.07) is 35.3. The number of hydrogen-bond donors (Lipinski definition) is 0. The number of pyridine rings is 1. The molecule has 0 bridgehead atoms. The van der Waals surface area contributed by atoms with Crippen LogP contribution in [0.3, 0.4) is 0 Å². The molecule has 0 atom stereocenters. The predicted molar refractivity (Wildman–Crippen MR) is 216 cm³/mol. The second-order valence-corrected chi connectivity index (χ2v) is 15.1. The van der Waals surface area contributed by atoms with E-state index in [4.69, 9.17) is 14.8 Å². The van der Waals surface area contributed by atoms with Crippen LogP contribution in [0.2, 0.25) is 0 Å². The summed E-state index contributed by atoms with van der Waals surface area (Å²) in [4.78, 5) is 4.85. The fraction of sp³-hybridized carbons (Fsp3) is 0.319. The fourth-order valence-corrected chi connectivity index (χ4v) is 7.48. The minimum atomic E-state index is -0.00798. The Labute approximate surface area is 329 Å². The number of ether oxygens (including phenoxy) is 1. The zero-order valence-corrected chi connectivity index (χ0v) is 34.8. The van der Waals surface area contributed by atoms with E-state index in [-0.39, 0.29) is 32.4 Å². The molecule has 0 unspecified atom stereocenters. The Balaban J connectivity index is 0.00000481. The summed E-state index contributed by atoms with van der Waals surface area (Å²) < 4.78 is 11.0. The van der Waals surface area contributed by atoms with Gasteiger partial charge in [-0.1, -0.05) is 104 Å². The van der Waals surface area contributed by atoms with Crippen molar-refractivity contribution in [3.63, 3.8) is 0 Å². The molecule has 0 N–H and O–H groups in total. The first kappa shape index (κ1) is 38.3. The zero-order chi connectivity index (χ0) is 36.7. The van der Waals surface area contributed by atoms with Crippen LogP contribution >= 0.6 is 0 Å². The van der Waals surface area contributed by atoms with Gasteiger partial charge < -0.3 is 9.30 Å². The normalized spacial score (nSPS) is 11.8. The van der Waals surface area contributed by atoms with Gasteiger partial charge in [-0.05, 0) is 88.5 Å². The van der Waals surface area contributed by atoms with Crippen molar-refractivity contribution >= 4 is 21.8 Å². The molecule has 0 saturated carbocycles. The molecular weight excluding hydrogens is 832 g/mol. The number of para-hydroxylation sites is 1. The summed E-state index contributed by atoms with van der Waals surface area (Å²) in [6.45, 7) is 20.1. The van der Waals surface area contributed by atoms with Crippen LogP contribution < -0.4 is 4.74 Å². The van der Waals surface area contributed by atoms with Gasteiger partial charge in [-0.2, -0.15) is 11.2 Å². The molecule has 0 aliphatic rings. The minimum absolute atomic E-state index is 0. The van der Waals surface area contributed by atoms with E-state index >= 15 is 0 Å². The third-order valence-corrected chi connectivity index (χ3v) is 10.3. The number of fused-ring (bicyclic) bond motifs is 3. The maximum Gasteiger partial charge on any atom is 2.00 e. The van der Waals surface area contributed by atoms with E-state index in [1.54, 1.807) is 0 Å². The van der Waals surface area contributed by atoms with Crippen molar-refractivity contribution < 1.29 is 25.8 Å². The number of aromatic nitrogens is 4. The van der Waals surface area contributed by atoms with E-state index in [0.29, 0.717) is 11.5 Å². The van der Waals surface area contributed by atoms with Crippen molar-refractivity contribution in [1.29, 1.82) is 0 Å². The Morgan fingerprint density at radius 1 is 0.736 bits per heavy atom. The van der Waals surface area contributed by atoms with Crippen LogP contribution in [0.4, 0.5) is 0 Å². The van der Waals surface area contributed by atoms with Gasteiger partial charge in [0.1, 0.15) is 5.82 Å². The summed E-state index contributed by atoms with van der Waals surface area (Å²) in [6.07, 6.45) is 5.56. The Kier molecular flexibility index (Phi) is 11.2. The monoisotopic (exact) mass is 881 g/mol. The molecule has 274 valence electrons. The quantitative estimate of drug-likeness (QED) is 0.129. The van der Waals surface area contributed by atoms with Gasteiger partial charge in [-0.3, -0.25) is 4.68 Å². The van der Waals surface area contributed by atoms with E-state index in [0.717, 1.165) is 64.7 Å². The van der Waals surface area contributed by atoms with Gasteiger partial charge in [0.2, 0.25) is 0 Å². The van der Waals surface area contributed by atoms with Gasteiger partial charge in [0.15, 0.2) is 0 Å². The molecule has 7 rings (SSSR count). The largest absolute Gasteiger partial charge is 2.00 e. The Morgan fingerprint density at radius 2 is 1.47 bits per heavy atom.